The summed E-state index contributed by atoms with van der Waals surface area (Å²) in [6.07, 6.45) is -5.17. The number of hydrogen-bond acceptors (Lipinski definition) is 2. The maximum absolute atomic E-state index is 12.8. The molecule has 0 unspecified atom stereocenters. The summed E-state index contributed by atoms with van der Waals surface area (Å²) in [4.78, 5) is 11.9. The Kier molecular flexibility index (Phi) is 5.71. The Morgan fingerprint density at radius 2 is 1.81 bits per heavy atom. The van der Waals surface area contributed by atoms with Crippen molar-refractivity contribution in [2.75, 3.05) is 13.2 Å². The first-order valence-electron chi connectivity index (χ1n) is 6.40. The number of carbonyl (C=O) groups is 1. The predicted molar refractivity (Wildman–Crippen MR) is 69.1 cm³/mol. The number of carbonyl (C=O) groups excluding carboxylic acids is 1. The zero-order chi connectivity index (χ0) is 16.1. The summed E-state index contributed by atoms with van der Waals surface area (Å²) in [6, 6.07) is 8.02. The Morgan fingerprint density at radius 1 is 1.24 bits per heavy atom. The van der Waals surface area contributed by atoms with E-state index >= 15 is 0 Å². The summed E-state index contributed by atoms with van der Waals surface area (Å²) >= 11 is 0. The van der Waals surface area contributed by atoms with Crippen molar-refractivity contribution in [1.29, 1.82) is 0 Å². The second-order valence-electron chi connectivity index (χ2n) is 4.86. The first kappa shape index (κ1) is 17.4. The second-order valence-corrected chi connectivity index (χ2v) is 4.86. The fourth-order valence-corrected chi connectivity index (χ4v) is 1.79. The van der Waals surface area contributed by atoms with E-state index in [1.165, 1.54) is 6.92 Å². The van der Waals surface area contributed by atoms with E-state index in [0.29, 0.717) is 10.5 Å². The van der Waals surface area contributed by atoms with Gasteiger partial charge in [-0.05, 0) is 12.0 Å². The Hall–Kier alpha value is -1.63. The van der Waals surface area contributed by atoms with Crippen LogP contribution in [-0.2, 0) is 11.3 Å². The van der Waals surface area contributed by atoms with Crippen LogP contribution >= 0.6 is 0 Å². The Labute approximate surface area is 120 Å². The number of rotatable bonds is 6. The maximum Gasteiger partial charge on any atom is 0.471 e. The number of hydrogen-bond donors (Lipinski definition) is 1. The van der Waals surface area contributed by atoms with E-state index in [1.807, 2.05) is 0 Å². The molecule has 1 N–H and O–H groups in total. The second kappa shape index (κ2) is 6.89. The largest absolute Gasteiger partial charge is 0.471 e. The zero-order valence-electron chi connectivity index (χ0n) is 11.5. The van der Waals surface area contributed by atoms with Crippen molar-refractivity contribution in [3.05, 3.63) is 35.9 Å². The van der Waals surface area contributed by atoms with E-state index in [2.05, 4.69) is 0 Å². The molecule has 1 amide bonds. The number of benzene rings is 1. The molecule has 1 aromatic carbocycles. The Bertz CT molecular complexity index is 458. The number of halogens is 4. The van der Waals surface area contributed by atoms with E-state index < -0.39 is 30.9 Å². The molecule has 3 nitrogen and oxygen atoms in total. The Balaban J connectivity index is 2.98. The lowest BCUT2D eigenvalue weighted by Gasteiger charge is -2.32. The monoisotopic (exact) mass is 307 g/mol. The molecule has 1 aromatic rings. The fourth-order valence-electron chi connectivity index (χ4n) is 1.79. The van der Waals surface area contributed by atoms with Gasteiger partial charge in [0.05, 0.1) is 6.54 Å². The molecule has 118 valence electrons. The van der Waals surface area contributed by atoms with E-state index in [9.17, 15) is 27.5 Å². The first-order valence-corrected chi connectivity index (χ1v) is 6.40. The average Bonchev–Trinajstić information content (AvgIpc) is 2.45. The summed E-state index contributed by atoms with van der Waals surface area (Å²) < 4.78 is 50.7. The molecular formula is C14H17F4NO2. The van der Waals surface area contributed by atoms with Gasteiger partial charge < -0.3 is 10.0 Å². The van der Waals surface area contributed by atoms with E-state index in [4.69, 9.17) is 0 Å². The Morgan fingerprint density at radius 3 is 2.24 bits per heavy atom. The number of alkyl halides is 4. The van der Waals surface area contributed by atoms with Crippen molar-refractivity contribution in [2.24, 2.45) is 0 Å². The lowest BCUT2D eigenvalue weighted by Crippen LogP contribution is -2.50. The normalized spacial score (nSPS) is 14.6. The van der Waals surface area contributed by atoms with Gasteiger partial charge in [0.25, 0.3) is 0 Å². The van der Waals surface area contributed by atoms with Gasteiger partial charge in [0.2, 0.25) is 0 Å². The van der Waals surface area contributed by atoms with Crippen LogP contribution in [0.3, 0.4) is 0 Å². The SMILES string of the molecule is CC[C@@](O)(CF)CN(Cc1ccccc1)C(=O)C(F)(F)F. The van der Waals surface area contributed by atoms with Gasteiger partial charge in [-0.3, -0.25) is 4.79 Å². The van der Waals surface area contributed by atoms with Gasteiger partial charge in [-0.25, -0.2) is 4.39 Å². The van der Waals surface area contributed by atoms with Crippen molar-refractivity contribution in [3.8, 4) is 0 Å². The van der Waals surface area contributed by atoms with Crippen molar-refractivity contribution in [3.63, 3.8) is 0 Å². The summed E-state index contributed by atoms with van der Waals surface area (Å²) in [7, 11) is 0. The third-order valence-corrected chi connectivity index (χ3v) is 3.14. The van der Waals surface area contributed by atoms with Crippen LogP contribution in [0.5, 0.6) is 0 Å². The molecule has 0 aromatic heterocycles. The van der Waals surface area contributed by atoms with Gasteiger partial charge in [0, 0.05) is 6.54 Å². The fraction of sp³-hybridized carbons (Fsp3) is 0.500. The topological polar surface area (TPSA) is 40.5 Å². The van der Waals surface area contributed by atoms with Crippen molar-refractivity contribution >= 4 is 5.91 Å². The van der Waals surface area contributed by atoms with Gasteiger partial charge >= 0.3 is 12.1 Å². The molecule has 0 spiro atoms. The lowest BCUT2D eigenvalue weighted by molar-refractivity contribution is -0.189. The molecule has 1 rings (SSSR count). The number of amides is 1. The summed E-state index contributed by atoms with van der Waals surface area (Å²) in [6.45, 7) is -0.840. The number of nitrogens with zero attached hydrogens (tertiary/aromatic N) is 1. The molecule has 21 heavy (non-hydrogen) atoms. The molecule has 0 bridgehead atoms. The summed E-state index contributed by atoms with van der Waals surface area (Å²) in [5, 5.41) is 9.86. The zero-order valence-corrected chi connectivity index (χ0v) is 11.5. The lowest BCUT2D eigenvalue weighted by atomic mass is 10.0. The molecule has 0 aliphatic heterocycles. The van der Waals surface area contributed by atoms with Crippen LogP contribution in [0.15, 0.2) is 30.3 Å². The molecule has 1 atom stereocenters. The van der Waals surface area contributed by atoms with Crippen LogP contribution in [0.4, 0.5) is 17.6 Å². The quantitative estimate of drug-likeness (QED) is 0.821. The van der Waals surface area contributed by atoms with Gasteiger partial charge in [-0.1, -0.05) is 37.3 Å². The molecule has 0 aliphatic carbocycles. The standard InChI is InChI=1S/C14H17F4NO2/c1-2-13(21,9-15)10-19(12(20)14(16,17)18)8-11-6-4-3-5-7-11/h3-7,21H,2,8-10H2,1H3/t13-/m1/s1. The maximum atomic E-state index is 12.8. The third kappa shape index (κ3) is 5.00. The van der Waals surface area contributed by atoms with Crippen molar-refractivity contribution < 1.29 is 27.5 Å². The van der Waals surface area contributed by atoms with Crippen molar-refractivity contribution in [1.82, 2.24) is 4.90 Å². The van der Waals surface area contributed by atoms with Crippen LogP contribution in [0.25, 0.3) is 0 Å². The molecule has 0 radical (unpaired) electrons. The van der Waals surface area contributed by atoms with Gasteiger partial charge in [-0.2, -0.15) is 13.2 Å². The molecule has 0 fully saturated rings. The van der Waals surface area contributed by atoms with Gasteiger partial charge in [0.1, 0.15) is 12.3 Å². The highest BCUT2D eigenvalue weighted by Crippen LogP contribution is 2.23. The molecular weight excluding hydrogens is 290 g/mol. The van der Waals surface area contributed by atoms with Crippen molar-refractivity contribution in [2.45, 2.75) is 31.7 Å². The highest BCUT2D eigenvalue weighted by molar-refractivity contribution is 5.82. The van der Waals surface area contributed by atoms with Gasteiger partial charge in [-0.15, -0.1) is 0 Å². The predicted octanol–water partition coefficient (Wildman–Crippen LogP) is 2.69. The van der Waals surface area contributed by atoms with Crippen LogP contribution in [-0.4, -0.2) is 40.9 Å². The minimum atomic E-state index is -5.07. The summed E-state index contributed by atoms with van der Waals surface area (Å²) in [5.41, 5.74) is -1.51. The molecule has 0 saturated carbocycles. The minimum Gasteiger partial charge on any atom is -0.385 e. The van der Waals surface area contributed by atoms with Gasteiger partial charge in [0.15, 0.2) is 0 Å². The van der Waals surface area contributed by atoms with Crippen LogP contribution in [0.2, 0.25) is 0 Å². The van der Waals surface area contributed by atoms with E-state index in [0.717, 1.165) is 0 Å². The molecule has 0 aliphatic rings. The van der Waals surface area contributed by atoms with Crippen LogP contribution in [0, 0.1) is 0 Å². The van der Waals surface area contributed by atoms with Crippen LogP contribution < -0.4 is 0 Å². The first-order chi connectivity index (χ1) is 9.72. The third-order valence-electron chi connectivity index (χ3n) is 3.14. The molecule has 0 saturated heterocycles. The van der Waals surface area contributed by atoms with Crippen LogP contribution in [0.1, 0.15) is 18.9 Å². The smallest absolute Gasteiger partial charge is 0.385 e. The van der Waals surface area contributed by atoms with E-state index in [-0.39, 0.29) is 13.0 Å². The molecule has 7 heteroatoms. The number of aliphatic hydroxyl groups is 1. The average molecular weight is 307 g/mol. The van der Waals surface area contributed by atoms with E-state index in [1.54, 1.807) is 30.3 Å². The summed E-state index contributed by atoms with van der Waals surface area (Å²) in [5.74, 6) is -2.09. The highest BCUT2D eigenvalue weighted by atomic mass is 19.4. The highest BCUT2D eigenvalue weighted by Gasteiger charge is 2.44. The minimum absolute atomic E-state index is 0.0973. The molecule has 0 heterocycles.